The van der Waals surface area contributed by atoms with Crippen LogP contribution in [0.2, 0.25) is 0 Å². The molecule has 1 aromatic rings. The van der Waals surface area contributed by atoms with Crippen LogP contribution in [0.15, 0.2) is 41.4 Å². The topological polar surface area (TPSA) is 58.3 Å². The molecule has 0 aliphatic rings. The molecule has 0 radical (unpaired) electrons. The zero-order valence-electron chi connectivity index (χ0n) is 12.2. The van der Waals surface area contributed by atoms with Gasteiger partial charge in [-0.05, 0) is 30.5 Å². The summed E-state index contributed by atoms with van der Waals surface area (Å²) in [6.07, 6.45) is 6.70. The summed E-state index contributed by atoms with van der Waals surface area (Å²) in [6, 6.07) is 3.91. The van der Waals surface area contributed by atoms with Crippen LogP contribution >= 0.6 is 0 Å². The van der Waals surface area contributed by atoms with Crippen LogP contribution < -0.4 is 0 Å². The molecule has 1 heterocycles. The van der Waals surface area contributed by atoms with E-state index >= 15 is 0 Å². The fraction of sp³-hybridized carbons (Fsp3) is 0.312. The molecule has 0 aliphatic carbocycles. The summed E-state index contributed by atoms with van der Waals surface area (Å²) in [5, 5.41) is 8.84. The second kappa shape index (κ2) is 7.90. The number of hydrogen-bond donors (Lipinski definition) is 0. The van der Waals surface area contributed by atoms with Gasteiger partial charge in [0.2, 0.25) is 0 Å². The molecule has 1 rings (SSSR count). The Morgan fingerprint density at radius 1 is 1.60 bits per heavy atom. The first-order valence-corrected chi connectivity index (χ1v) is 6.44. The van der Waals surface area contributed by atoms with Gasteiger partial charge < -0.3 is 4.74 Å². The molecule has 1 aromatic heterocycles. The first kappa shape index (κ1) is 15.6. The second-order valence-corrected chi connectivity index (χ2v) is 4.37. The molecule has 104 valence electrons. The Balaban J connectivity index is 2.84. The van der Waals surface area contributed by atoms with Crippen LogP contribution in [0.3, 0.4) is 0 Å². The van der Waals surface area contributed by atoms with Crippen LogP contribution in [-0.2, 0) is 4.74 Å². The zero-order chi connectivity index (χ0) is 15.0. The molecule has 0 saturated carbocycles. The van der Waals surface area contributed by atoms with Crippen molar-refractivity contribution in [3.8, 4) is 6.07 Å². The number of allylic oxidation sites excluding steroid dienone is 1. The number of aliphatic imine (C=N–C) groups is 1. The third-order valence-corrected chi connectivity index (χ3v) is 2.77. The molecule has 0 unspecified atom stereocenters. The van der Waals surface area contributed by atoms with Crippen LogP contribution in [0.4, 0.5) is 0 Å². The molecule has 0 spiro atoms. The molecular formula is C16H19N3O. The van der Waals surface area contributed by atoms with Crippen LogP contribution in [0, 0.1) is 18.3 Å². The molecule has 4 heteroatoms. The van der Waals surface area contributed by atoms with Gasteiger partial charge in [-0.2, -0.15) is 5.26 Å². The van der Waals surface area contributed by atoms with Crippen molar-refractivity contribution >= 4 is 6.21 Å². The lowest BCUT2D eigenvalue weighted by molar-refractivity contribution is 0.297. The van der Waals surface area contributed by atoms with Crippen LogP contribution in [0.25, 0.3) is 0 Å². The van der Waals surface area contributed by atoms with Crippen LogP contribution in [0.5, 0.6) is 0 Å². The van der Waals surface area contributed by atoms with Crippen LogP contribution in [-0.4, -0.2) is 18.3 Å². The monoisotopic (exact) mass is 269 g/mol. The predicted octanol–water partition coefficient (Wildman–Crippen LogP) is 3.52. The Bertz CT molecular complexity index is 580. The quantitative estimate of drug-likeness (QED) is 0.451. The van der Waals surface area contributed by atoms with Gasteiger partial charge in [0.25, 0.3) is 0 Å². The molecular weight excluding hydrogens is 250 g/mol. The van der Waals surface area contributed by atoms with Gasteiger partial charge in [0, 0.05) is 6.20 Å². The maximum Gasteiger partial charge on any atom is 0.139 e. The van der Waals surface area contributed by atoms with E-state index < -0.39 is 0 Å². The number of aromatic nitrogens is 1. The summed E-state index contributed by atoms with van der Waals surface area (Å²) in [7, 11) is 1.60. The maximum atomic E-state index is 8.84. The number of rotatable bonds is 6. The number of methoxy groups -OCH3 is 1. The van der Waals surface area contributed by atoms with E-state index in [4.69, 9.17) is 10.00 Å². The van der Waals surface area contributed by atoms with E-state index in [1.165, 1.54) is 0 Å². The first-order valence-electron chi connectivity index (χ1n) is 6.44. The Kier molecular flexibility index (Phi) is 6.18. The number of pyridine rings is 1. The van der Waals surface area contributed by atoms with Crippen molar-refractivity contribution in [2.45, 2.75) is 26.7 Å². The van der Waals surface area contributed by atoms with Crippen molar-refractivity contribution in [1.29, 1.82) is 5.26 Å². The van der Waals surface area contributed by atoms with Crippen molar-refractivity contribution in [1.82, 2.24) is 4.98 Å². The summed E-state index contributed by atoms with van der Waals surface area (Å²) in [6.45, 7) is 7.92. The molecule has 0 amide bonds. The Labute approximate surface area is 120 Å². The highest BCUT2D eigenvalue weighted by atomic mass is 16.5. The van der Waals surface area contributed by atoms with Gasteiger partial charge >= 0.3 is 0 Å². The summed E-state index contributed by atoms with van der Waals surface area (Å²) < 4.78 is 5.25. The lowest BCUT2D eigenvalue weighted by Crippen LogP contribution is -1.93. The van der Waals surface area contributed by atoms with Crippen LogP contribution in [0.1, 0.15) is 36.6 Å². The third-order valence-electron chi connectivity index (χ3n) is 2.77. The van der Waals surface area contributed by atoms with Gasteiger partial charge in [0.15, 0.2) is 0 Å². The van der Waals surface area contributed by atoms with Crippen molar-refractivity contribution in [2.24, 2.45) is 4.99 Å². The molecule has 0 saturated heterocycles. The number of nitriles is 1. The highest BCUT2D eigenvalue weighted by molar-refractivity contribution is 5.78. The minimum absolute atomic E-state index is 0.576. The Morgan fingerprint density at radius 2 is 2.35 bits per heavy atom. The highest BCUT2D eigenvalue weighted by Gasteiger charge is 2.01. The van der Waals surface area contributed by atoms with Gasteiger partial charge in [0.05, 0.1) is 30.8 Å². The van der Waals surface area contributed by atoms with Crippen molar-refractivity contribution in [3.05, 3.63) is 53.2 Å². The molecule has 0 aromatic carbocycles. The van der Waals surface area contributed by atoms with Gasteiger partial charge in [-0.25, -0.2) is 0 Å². The normalized spacial score (nSPS) is 11.4. The van der Waals surface area contributed by atoms with Gasteiger partial charge in [-0.3, -0.25) is 9.98 Å². The van der Waals surface area contributed by atoms with E-state index in [2.05, 4.69) is 29.5 Å². The Hall–Kier alpha value is -2.41. The molecule has 0 aliphatic heterocycles. The lowest BCUT2D eigenvalue weighted by atomic mass is 10.1. The van der Waals surface area contributed by atoms with Gasteiger partial charge in [-0.1, -0.05) is 19.9 Å². The maximum absolute atomic E-state index is 8.84. The number of aryl methyl sites for hydroxylation is 1. The SMILES string of the molecule is C=C(CCC)/C(=C/N=C/c1cc(C)c(C#N)cn1)OC. The fourth-order valence-corrected chi connectivity index (χ4v) is 1.66. The second-order valence-electron chi connectivity index (χ2n) is 4.37. The fourth-order valence-electron chi connectivity index (χ4n) is 1.66. The molecule has 0 fully saturated rings. The lowest BCUT2D eigenvalue weighted by Gasteiger charge is -2.06. The van der Waals surface area contributed by atoms with E-state index in [1.54, 1.807) is 25.7 Å². The summed E-state index contributed by atoms with van der Waals surface area (Å²) in [5.41, 5.74) is 3.09. The summed E-state index contributed by atoms with van der Waals surface area (Å²) in [5.74, 6) is 0.675. The van der Waals surface area contributed by atoms with Crippen molar-refractivity contribution in [2.75, 3.05) is 7.11 Å². The van der Waals surface area contributed by atoms with E-state index in [9.17, 15) is 0 Å². The summed E-state index contributed by atoms with van der Waals surface area (Å²) in [4.78, 5) is 8.34. The predicted molar refractivity (Wildman–Crippen MR) is 80.4 cm³/mol. The number of hydrogen-bond acceptors (Lipinski definition) is 4. The highest BCUT2D eigenvalue weighted by Crippen LogP contribution is 2.14. The van der Waals surface area contributed by atoms with Crippen molar-refractivity contribution < 1.29 is 4.74 Å². The minimum Gasteiger partial charge on any atom is -0.495 e. The van der Waals surface area contributed by atoms with E-state index in [0.717, 1.165) is 24.0 Å². The zero-order valence-corrected chi connectivity index (χ0v) is 12.2. The van der Waals surface area contributed by atoms with E-state index in [1.807, 2.05) is 13.0 Å². The molecule has 0 bridgehead atoms. The van der Waals surface area contributed by atoms with Gasteiger partial charge in [0.1, 0.15) is 11.8 Å². The number of nitrogens with zero attached hydrogens (tertiary/aromatic N) is 3. The largest absolute Gasteiger partial charge is 0.495 e. The van der Waals surface area contributed by atoms with Crippen molar-refractivity contribution in [3.63, 3.8) is 0 Å². The summed E-state index contributed by atoms with van der Waals surface area (Å²) >= 11 is 0. The average molecular weight is 269 g/mol. The third kappa shape index (κ3) is 4.36. The number of ether oxygens (including phenoxy) is 1. The molecule has 20 heavy (non-hydrogen) atoms. The van der Waals surface area contributed by atoms with E-state index in [-0.39, 0.29) is 0 Å². The molecule has 0 N–H and O–H groups in total. The standard InChI is InChI=1S/C16H19N3O/c1-5-6-12(2)16(20-4)11-18-10-15-7-13(3)14(8-17)9-19-15/h7,9-11H,2,5-6H2,1,3-4H3/b16-11-,18-10+. The average Bonchev–Trinajstić information content (AvgIpc) is 2.44. The van der Waals surface area contributed by atoms with Gasteiger partial charge in [-0.15, -0.1) is 0 Å². The smallest absolute Gasteiger partial charge is 0.139 e. The molecule has 4 nitrogen and oxygen atoms in total. The van der Waals surface area contributed by atoms with E-state index in [0.29, 0.717) is 17.0 Å². The molecule has 0 atom stereocenters. The minimum atomic E-state index is 0.576. The Morgan fingerprint density at radius 3 is 2.90 bits per heavy atom. The first-order chi connectivity index (χ1) is 9.62.